The van der Waals surface area contributed by atoms with E-state index >= 15 is 0 Å². The van der Waals surface area contributed by atoms with Crippen molar-refractivity contribution in [1.29, 1.82) is 0 Å². The van der Waals surface area contributed by atoms with Gasteiger partial charge in [0.05, 0.1) is 13.2 Å². The zero-order valence-electron chi connectivity index (χ0n) is 12.1. The number of nitrogens with one attached hydrogen (secondary N) is 1. The van der Waals surface area contributed by atoms with Crippen molar-refractivity contribution in [3.05, 3.63) is 59.7 Å². The Morgan fingerprint density at radius 3 is 2.45 bits per heavy atom. The lowest BCUT2D eigenvalue weighted by Gasteiger charge is -2.20. The summed E-state index contributed by atoms with van der Waals surface area (Å²) in [6.45, 7) is 2.13. The third kappa shape index (κ3) is 2.96. The van der Waals surface area contributed by atoms with Gasteiger partial charge in [-0.05, 0) is 61.1 Å². The van der Waals surface area contributed by atoms with Gasteiger partial charge in [0.15, 0.2) is 0 Å². The van der Waals surface area contributed by atoms with E-state index in [0.717, 1.165) is 11.7 Å². The van der Waals surface area contributed by atoms with Crippen molar-refractivity contribution in [3.63, 3.8) is 0 Å². The van der Waals surface area contributed by atoms with Crippen LogP contribution >= 0.6 is 0 Å². The highest BCUT2D eigenvalue weighted by atomic mass is 16.5. The molecule has 0 amide bonds. The zero-order chi connectivity index (χ0) is 13.9. The second kappa shape index (κ2) is 5.58. The average Bonchev–Trinajstić information content (AvgIpc) is 3.30. The van der Waals surface area contributed by atoms with Crippen LogP contribution in [0.25, 0.3) is 0 Å². The minimum absolute atomic E-state index is 0.405. The van der Waals surface area contributed by atoms with Gasteiger partial charge in [-0.1, -0.05) is 24.3 Å². The van der Waals surface area contributed by atoms with Crippen molar-refractivity contribution in [2.24, 2.45) is 5.92 Å². The number of methoxy groups -OCH3 is 1. The van der Waals surface area contributed by atoms with Gasteiger partial charge in [0, 0.05) is 5.69 Å². The number of anilines is 1. The summed E-state index contributed by atoms with van der Waals surface area (Å²) in [5.41, 5.74) is 3.84. The molecular weight excluding hydrogens is 246 g/mol. The Labute approximate surface area is 120 Å². The number of hydrogen-bond donors (Lipinski definition) is 1. The Hall–Kier alpha value is -1.96. The molecule has 2 aromatic rings. The third-order valence-corrected chi connectivity index (χ3v) is 3.91. The Morgan fingerprint density at radius 1 is 1.10 bits per heavy atom. The van der Waals surface area contributed by atoms with Crippen LogP contribution in [-0.4, -0.2) is 7.11 Å². The monoisotopic (exact) mass is 267 g/mol. The largest absolute Gasteiger partial charge is 0.497 e. The maximum Gasteiger partial charge on any atom is 0.118 e. The molecule has 0 aliphatic heterocycles. The van der Waals surface area contributed by atoms with Crippen molar-refractivity contribution < 1.29 is 4.74 Å². The minimum Gasteiger partial charge on any atom is -0.497 e. The van der Waals surface area contributed by atoms with Crippen LogP contribution in [0.1, 0.15) is 30.0 Å². The summed E-state index contributed by atoms with van der Waals surface area (Å²) >= 11 is 0. The van der Waals surface area contributed by atoms with Crippen LogP contribution < -0.4 is 10.1 Å². The van der Waals surface area contributed by atoms with Gasteiger partial charge in [-0.3, -0.25) is 0 Å². The van der Waals surface area contributed by atoms with Crippen LogP contribution in [0.15, 0.2) is 48.5 Å². The first kappa shape index (κ1) is 13.0. The summed E-state index contributed by atoms with van der Waals surface area (Å²) < 4.78 is 5.24. The molecule has 0 radical (unpaired) electrons. The van der Waals surface area contributed by atoms with Gasteiger partial charge < -0.3 is 10.1 Å². The Bertz CT molecular complexity index is 572. The summed E-state index contributed by atoms with van der Waals surface area (Å²) in [7, 11) is 1.71. The van der Waals surface area contributed by atoms with E-state index < -0.39 is 0 Å². The molecule has 1 aliphatic rings. The molecule has 1 N–H and O–H groups in total. The highest BCUT2D eigenvalue weighted by Gasteiger charge is 2.32. The van der Waals surface area contributed by atoms with Crippen LogP contribution in [0, 0.1) is 12.8 Å². The molecule has 0 bridgehead atoms. The maximum absolute atomic E-state index is 5.24. The maximum atomic E-state index is 5.24. The average molecular weight is 267 g/mol. The van der Waals surface area contributed by atoms with Gasteiger partial charge in [-0.15, -0.1) is 0 Å². The quantitative estimate of drug-likeness (QED) is 0.857. The fourth-order valence-corrected chi connectivity index (χ4v) is 2.63. The molecule has 1 saturated carbocycles. The molecule has 1 aliphatic carbocycles. The van der Waals surface area contributed by atoms with Crippen molar-refractivity contribution >= 4 is 5.69 Å². The Morgan fingerprint density at radius 2 is 1.85 bits per heavy atom. The molecule has 3 rings (SSSR count). The van der Waals surface area contributed by atoms with E-state index in [2.05, 4.69) is 48.6 Å². The van der Waals surface area contributed by atoms with Crippen molar-refractivity contribution in [2.45, 2.75) is 25.8 Å². The van der Waals surface area contributed by atoms with Crippen LogP contribution in [0.2, 0.25) is 0 Å². The highest BCUT2D eigenvalue weighted by molar-refractivity contribution is 5.48. The normalized spacial score (nSPS) is 15.7. The van der Waals surface area contributed by atoms with Crippen LogP contribution in [0.3, 0.4) is 0 Å². The molecule has 0 spiro atoms. The van der Waals surface area contributed by atoms with Crippen molar-refractivity contribution in [1.82, 2.24) is 0 Å². The molecule has 0 aromatic heterocycles. The lowest BCUT2D eigenvalue weighted by atomic mass is 10.0. The number of hydrogen-bond acceptors (Lipinski definition) is 2. The van der Waals surface area contributed by atoms with Gasteiger partial charge in [0.25, 0.3) is 0 Å². The van der Waals surface area contributed by atoms with E-state index in [-0.39, 0.29) is 0 Å². The predicted molar refractivity (Wildman–Crippen MR) is 83.3 cm³/mol. The Balaban J connectivity index is 1.81. The Kier molecular flexibility index (Phi) is 3.64. The molecule has 1 fully saturated rings. The number of benzene rings is 2. The topological polar surface area (TPSA) is 21.3 Å². The summed E-state index contributed by atoms with van der Waals surface area (Å²) in [5, 5.41) is 3.69. The first-order valence-corrected chi connectivity index (χ1v) is 7.23. The van der Waals surface area contributed by atoms with Gasteiger partial charge >= 0.3 is 0 Å². The molecule has 2 heteroatoms. The predicted octanol–water partition coefficient (Wildman–Crippen LogP) is 4.57. The minimum atomic E-state index is 0.405. The standard InChI is InChI=1S/C18H21NO/c1-13-4-3-5-16(12-13)19-18(14-6-7-14)15-8-10-17(20-2)11-9-15/h3-5,8-12,14,18-19H,6-7H2,1-2H3. The smallest absolute Gasteiger partial charge is 0.118 e. The molecular formula is C18H21NO. The molecule has 1 unspecified atom stereocenters. The fourth-order valence-electron chi connectivity index (χ4n) is 2.63. The summed E-state index contributed by atoms with van der Waals surface area (Å²) in [6, 6.07) is 17.4. The molecule has 20 heavy (non-hydrogen) atoms. The van der Waals surface area contributed by atoms with Crippen LogP contribution in [-0.2, 0) is 0 Å². The van der Waals surface area contributed by atoms with Gasteiger partial charge in [-0.25, -0.2) is 0 Å². The second-order valence-corrected chi connectivity index (χ2v) is 5.60. The molecule has 0 heterocycles. The highest BCUT2D eigenvalue weighted by Crippen LogP contribution is 2.43. The number of ether oxygens (including phenoxy) is 1. The molecule has 2 aromatic carbocycles. The first-order valence-electron chi connectivity index (χ1n) is 7.23. The molecule has 104 valence electrons. The molecule has 0 saturated heterocycles. The molecule has 1 atom stereocenters. The third-order valence-electron chi connectivity index (χ3n) is 3.91. The van der Waals surface area contributed by atoms with Crippen molar-refractivity contribution in [3.8, 4) is 5.75 Å². The molecule has 2 nitrogen and oxygen atoms in total. The van der Waals surface area contributed by atoms with E-state index in [1.165, 1.54) is 29.7 Å². The summed E-state index contributed by atoms with van der Waals surface area (Å²) in [5.74, 6) is 1.67. The number of rotatable bonds is 5. The van der Waals surface area contributed by atoms with Gasteiger partial charge in [0.2, 0.25) is 0 Å². The van der Waals surface area contributed by atoms with E-state index in [1.54, 1.807) is 7.11 Å². The van der Waals surface area contributed by atoms with Crippen LogP contribution in [0.4, 0.5) is 5.69 Å². The van der Waals surface area contributed by atoms with Crippen LogP contribution in [0.5, 0.6) is 5.75 Å². The summed E-state index contributed by atoms with van der Waals surface area (Å²) in [6.07, 6.45) is 2.63. The van der Waals surface area contributed by atoms with E-state index in [1.807, 2.05) is 12.1 Å². The second-order valence-electron chi connectivity index (χ2n) is 5.60. The van der Waals surface area contributed by atoms with E-state index in [4.69, 9.17) is 4.74 Å². The lowest BCUT2D eigenvalue weighted by molar-refractivity contribution is 0.414. The van der Waals surface area contributed by atoms with E-state index in [0.29, 0.717) is 6.04 Å². The van der Waals surface area contributed by atoms with Gasteiger partial charge in [0.1, 0.15) is 5.75 Å². The first-order chi connectivity index (χ1) is 9.76. The zero-order valence-corrected chi connectivity index (χ0v) is 12.1. The fraction of sp³-hybridized carbons (Fsp3) is 0.333. The van der Waals surface area contributed by atoms with Crippen molar-refractivity contribution in [2.75, 3.05) is 12.4 Å². The SMILES string of the molecule is COc1ccc(C(Nc2cccc(C)c2)C2CC2)cc1. The number of aryl methyl sites for hydroxylation is 1. The van der Waals surface area contributed by atoms with Gasteiger partial charge in [-0.2, -0.15) is 0 Å². The summed E-state index contributed by atoms with van der Waals surface area (Å²) in [4.78, 5) is 0. The lowest BCUT2D eigenvalue weighted by Crippen LogP contribution is -2.12. The van der Waals surface area contributed by atoms with E-state index in [9.17, 15) is 0 Å².